The van der Waals surface area contributed by atoms with Crippen molar-refractivity contribution in [2.45, 2.75) is 38.4 Å². The van der Waals surface area contributed by atoms with Gasteiger partial charge >= 0.3 is 0 Å². The van der Waals surface area contributed by atoms with E-state index in [0.717, 1.165) is 23.2 Å². The Morgan fingerprint density at radius 3 is 2.72 bits per heavy atom. The van der Waals surface area contributed by atoms with Crippen LogP contribution in [0, 0.1) is 11.8 Å². The van der Waals surface area contributed by atoms with E-state index < -0.39 is 17.1 Å². The van der Waals surface area contributed by atoms with Gasteiger partial charge in [-0.25, -0.2) is 0 Å². The van der Waals surface area contributed by atoms with Crippen LogP contribution < -0.4 is 4.90 Å². The summed E-state index contributed by atoms with van der Waals surface area (Å²) < 4.78 is 11.7. The molecule has 1 aromatic rings. The number of ether oxygens (including phenoxy) is 2. The van der Waals surface area contributed by atoms with Gasteiger partial charge in [-0.3, -0.25) is 14.5 Å². The Morgan fingerprint density at radius 1 is 1.28 bits per heavy atom. The monoisotopic (exact) mass is 341 g/mol. The summed E-state index contributed by atoms with van der Waals surface area (Å²) in [4.78, 5) is 28.2. The molecule has 0 aromatic heterocycles. The van der Waals surface area contributed by atoms with E-state index in [2.05, 4.69) is 0 Å². The zero-order chi connectivity index (χ0) is 18.0. The second-order valence-electron chi connectivity index (χ2n) is 7.68. The molecule has 2 heterocycles. The molecule has 0 bridgehead atoms. The lowest BCUT2D eigenvalue weighted by molar-refractivity contribution is -0.157. The molecular weight excluding hydrogens is 318 g/mol. The van der Waals surface area contributed by atoms with Gasteiger partial charge in [0.15, 0.2) is 11.4 Å². The van der Waals surface area contributed by atoms with Crippen LogP contribution in [0.4, 0.5) is 5.69 Å². The maximum atomic E-state index is 13.5. The Kier molecular flexibility index (Phi) is 3.47. The van der Waals surface area contributed by atoms with Crippen molar-refractivity contribution in [1.29, 1.82) is 0 Å². The standard InChI is InChI=1S/C20H23NO4/c1-12-9-10-14-16(17(12)22)20(25-19(14,2)3)13-7-5-6-8-15(13)21(11-24-4)18(20)23/h5-9,14,16H,10-11H2,1-4H3/t14-,16+,20+/m1/s1. The zero-order valence-corrected chi connectivity index (χ0v) is 15.0. The van der Waals surface area contributed by atoms with Gasteiger partial charge in [-0.2, -0.15) is 0 Å². The summed E-state index contributed by atoms with van der Waals surface area (Å²) in [5, 5.41) is 0. The SMILES string of the molecule is COCN1C(=O)[C@]2(OC(C)(C)[C@@H]3CC=C(C)C(=O)[C@H]32)c2ccccc21. The third-order valence-corrected chi connectivity index (χ3v) is 5.92. The first-order chi connectivity index (χ1) is 11.8. The Bertz CT molecular complexity index is 797. The number of hydrogen-bond donors (Lipinski definition) is 0. The molecule has 0 saturated carbocycles. The van der Waals surface area contributed by atoms with Crippen molar-refractivity contribution in [3.63, 3.8) is 0 Å². The first kappa shape index (κ1) is 16.5. The minimum atomic E-state index is -1.25. The molecule has 1 amide bonds. The summed E-state index contributed by atoms with van der Waals surface area (Å²) >= 11 is 0. The van der Waals surface area contributed by atoms with Gasteiger partial charge in [0, 0.05) is 18.6 Å². The van der Waals surface area contributed by atoms with Crippen LogP contribution in [0.5, 0.6) is 0 Å². The number of benzene rings is 1. The summed E-state index contributed by atoms with van der Waals surface area (Å²) in [5.74, 6) is -0.699. The highest BCUT2D eigenvalue weighted by atomic mass is 16.5. The summed E-state index contributed by atoms with van der Waals surface area (Å²) in [6.07, 6.45) is 2.72. The number of allylic oxidation sites excluding steroid dienone is 2. The molecule has 1 aromatic carbocycles. The quantitative estimate of drug-likeness (QED) is 0.830. The predicted molar refractivity (Wildman–Crippen MR) is 93.0 cm³/mol. The molecule has 5 heteroatoms. The van der Waals surface area contributed by atoms with E-state index >= 15 is 0 Å². The third kappa shape index (κ3) is 1.96. The number of para-hydroxylation sites is 1. The number of anilines is 1. The molecule has 2 aliphatic heterocycles. The van der Waals surface area contributed by atoms with E-state index in [0.29, 0.717) is 0 Å². The van der Waals surface area contributed by atoms with Gasteiger partial charge in [0.25, 0.3) is 5.91 Å². The average Bonchev–Trinajstić information content (AvgIpc) is 2.96. The number of carbonyl (C=O) groups excluding carboxylic acids is 2. The average molecular weight is 341 g/mol. The number of methoxy groups -OCH3 is 1. The van der Waals surface area contributed by atoms with Crippen molar-refractivity contribution in [2.24, 2.45) is 11.8 Å². The lowest BCUT2D eigenvalue weighted by Gasteiger charge is -2.32. The van der Waals surface area contributed by atoms with Crippen LogP contribution in [0.15, 0.2) is 35.9 Å². The number of rotatable bonds is 2. The number of Topliss-reactive ketones (excluding diaryl/α,β-unsaturated/α-hetero) is 1. The molecule has 0 radical (unpaired) electrons. The predicted octanol–water partition coefficient (Wildman–Crippen LogP) is 2.79. The summed E-state index contributed by atoms with van der Waals surface area (Å²) in [6, 6.07) is 7.58. The van der Waals surface area contributed by atoms with E-state index in [4.69, 9.17) is 9.47 Å². The Labute approximate surface area is 147 Å². The molecule has 5 nitrogen and oxygen atoms in total. The molecule has 25 heavy (non-hydrogen) atoms. The fraction of sp³-hybridized carbons (Fsp3) is 0.500. The number of ketones is 1. The lowest BCUT2D eigenvalue weighted by atomic mass is 9.66. The van der Waals surface area contributed by atoms with Crippen LogP contribution in [0.3, 0.4) is 0 Å². The molecule has 3 aliphatic rings. The molecule has 1 fully saturated rings. The minimum absolute atomic E-state index is 0.0178. The Balaban J connectivity index is 1.96. The van der Waals surface area contributed by atoms with Gasteiger partial charge in [-0.15, -0.1) is 0 Å². The van der Waals surface area contributed by atoms with Gasteiger partial charge in [0.2, 0.25) is 0 Å². The van der Waals surface area contributed by atoms with E-state index in [1.54, 1.807) is 12.0 Å². The molecule has 1 aliphatic carbocycles. The number of hydrogen-bond acceptors (Lipinski definition) is 4. The molecule has 0 unspecified atom stereocenters. The number of carbonyl (C=O) groups is 2. The van der Waals surface area contributed by atoms with Crippen molar-refractivity contribution in [3.05, 3.63) is 41.5 Å². The van der Waals surface area contributed by atoms with Crippen molar-refractivity contribution >= 4 is 17.4 Å². The topological polar surface area (TPSA) is 55.8 Å². The van der Waals surface area contributed by atoms with Crippen molar-refractivity contribution < 1.29 is 19.1 Å². The molecule has 0 N–H and O–H groups in total. The van der Waals surface area contributed by atoms with Crippen molar-refractivity contribution in [3.8, 4) is 0 Å². The first-order valence-electron chi connectivity index (χ1n) is 8.66. The number of amides is 1. The van der Waals surface area contributed by atoms with Gasteiger partial charge in [0.1, 0.15) is 6.73 Å². The largest absolute Gasteiger partial charge is 0.364 e. The van der Waals surface area contributed by atoms with Crippen LogP contribution in [0.2, 0.25) is 0 Å². The van der Waals surface area contributed by atoms with E-state index in [-0.39, 0.29) is 24.3 Å². The molecular formula is C20H23NO4. The first-order valence-corrected chi connectivity index (χ1v) is 8.66. The highest BCUT2D eigenvalue weighted by molar-refractivity contribution is 6.12. The van der Waals surface area contributed by atoms with Gasteiger partial charge in [-0.1, -0.05) is 24.3 Å². The zero-order valence-electron chi connectivity index (χ0n) is 15.0. The van der Waals surface area contributed by atoms with Crippen LogP contribution in [0.1, 0.15) is 32.8 Å². The van der Waals surface area contributed by atoms with E-state index in [1.165, 1.54) is 0 Å². The fourth-order valence-corrected chi connectivity index (χ4v) is 4.78. The summed E-state index contributed by atoms with van der Waals surface area (Å²) in [6.45, 7) is 5.93. The molecule has 1 spiro atoms. The maximum Gasteiger partial charge on any atom is 0.266 e. The fourth-order valence-electron chi connectivity index (χ4n) is 4.78. The van der Waals surface area contributed by atoms with Gasteiger partial charge in [0.05, 0.1) is 17.2 Å². The minimum Gasteiger partial charge on any atom is -0.364 e. The van der Waals surface area contributed by atoms with Crippen molar-refractivity contribution in [2.75, 3.05) is 18.7 Å². The molecule has 3 atom stereocenters. The van der Waals surface area contributed by atoms with Crippen LogP contribution >= 0.6 is 0 Å². The van der Waals surface area contributed by atoms with Crippen LogP contribution in [0.25, 0.3) is 0 Å². The Morgan fingerprint density at radius 2 is 2.00 bits per heavy atom. The smallest absolute Gasteiger partial charge is 0.266 e. The Hall–Kier alpha value is -1.98. The van der Waals surface area contributed by atoms with E-state index in [1.807, 2.05) is 51.1 Å². The highest BCUT2D eigenvalue weighted by Crippen LogP contribution is 2.60. The normalized spacial score (nSPS) is 32.8. The van der Waals surface area contributed by atoms with Gasteiger partial charge in [-0.05, 0) is 38.8 Å². The lowest BCUT2D eigenvalue weighted by Crippen LogP contribution is -2.49. The second kappa shape index (κ2) is 5.26. The number of fused-ring (bicyclic) bond motifs is 4. The highest BCUT2D eigenvalue weighted by Gasteiger charge is 2.69. The van der Waals surface area contributed by atoms with Crippen LogP contribution in [-0.2, 0) is 24.7 Å². The van der Waals surface area contributed by atoms with E-state index in [9.17, 15) is 9.59 Å². The second-order valence-corrected chi connectivity index (χ2v) is 7.68. The molecule has 4 rings (SSSR count). The summed E-state index contributed by atoms with van der Waals surface area (Å²) in [5.41, 5.74) is 0.447. The third-order valence-electron chi connectivity index (χ3n) is 5.92. The van der Waals surface area contributed by atoms with Crippen molar-refractivity contribution in [1.82, 2.24) is 0 Å². The summed E-state index contributed by atoms with van der Waals surface area (Å²) in [7, 11) is 1.56. The number of nitrogens with zero attached hydrogens (tertiary/aromatic N) is 1. The van der Waals surface area contributed by atoms with Crippen LogP contribution in [-0.4, -0.2) is 31.1 Å². The molecule has 1 saturated heterocycles. The van der Waals surface area contributed by atoms with Gasteiger partial charge < -0.3 is 9.47 Å². The maximum absolute atomic E-state index is 13.5. The molecule has 132 valence electrons.